The van der Waals surface area contributed by atoms with E-state index in [-0.39, 0.29) is 5.25 Å². The lowest BCUT2D eigenvalue weighted by molar-refractivity contribution is -0.132. The molecule has 0 heterocycles. The van der Waals surface area contributed by atoms with Gasteiger partial charge in [-0.05, 0) is 19.1 Å². The van der Waals surface area contributed by atoms with Crippen molar-refractivity contribution in [2.24, 2.45) is 0 Å². The molecule has 0 aromatic rings. The number of carboxylic acids is 1. The van der Waals surface area contributed by atoms with E-state index in [4.69, 9.17) is 5.11 Å². The molecule has 3 heteroatoms. The zero-order chi connectivity index (χ0) is 9.56. The molecule has 0 aliphatic rings. The molecule has 0 aromatic carbocycles. The summed E-state index contributed by atoms with van der Waals surface area (Å²) in [5.74, 6) is 0.135. The summed E-state index contributed by atoms with van der Waals surface area (Å²) in [6.45, 7) is 7.52. The smallest absolute Gasteiger partial charge is 0.332 e. The summed E-state index contributed by atoms with van der Waals surface area (Å²) >= 11 is 1.66. The third-order valence-electron chi connectivity index (χ3n) is 1.63. The monoisotopic (exact) mass is 188 g/mol. The normalized spacial score (nSPS) is 12.5. The average Bonchev–Trinajstić information content (AvgIpc) is 2.03. The van der Waals surface area contributed by atoms with Crippen molar-refractivity contribution in [3.8, 4) is 0 Å². The van der Waals surface area contributed by atoms with Crippen LogP contribution in [0.25, 0.3) is 0 Å². The standard InChI is InChI=1S/C9H16O2S/c1-4-5-6-12-8(3)7(2)9(10)11/h8H,2,4-6H2,1,3H3,(H,10,11). The Balaban J connectivity index is 3.64. The molecule has 12 heavy (non-hydrogen) atoms. The number of carboxylic acid groups (broad SMARTS) is 1. The van der Waals surface area contributed by atoms with Crippen molar-refractivity contribution in [3.63, 3.8) is 0 Å². The molecule has 1 N–H and O–H groups in total. The number of aliphatic carboxylic acids is 1. The van der Waals surface area contributed by atoms with Crippen molar-refractivity contribution in [1.29, 1.82) is 0 Å². The van der Waals surface area contributed by atoms with Crippen LogP contribution in [-0.4, -0.2) is 22.1 Å². The Morgan fingerprint density at radius 3 is 2.67 bits per heavy atom. The van der Waals surface area contributed by atoms with Gasteiger partial charge >= 0.3 is 5.97 Å². The zero-order valence-corrected chi connectivity index (χ0v) is 8.49. The maximum atomic E-state index is 10.5. The number of unbranched alkanes of at least 4 members (excludes halogenated alkanes) is 1. The summed E-state index contributed by atoms with van der Waals surface area (Å²) in [5.41, 5.74) is 0.302. The highest BCUT2D eigenvalue weighted by Crippen LogP contribution is 2.18. The third kappa shape index (κ3) is 4.44. The SMILES string of the molecule is C=C(C(=O)O)C(C)SCCCC. The van der Waals surface area contributed by atoms with E-state index < -0.39 is 5.97 Å². The lowest BCUT2D eigenvalue weighted by atomic mass is 10.2. The topological polar surface area (TPSA) is 37.3 Å². The number of carbonyl (C=O) groups is 1. The van der Waals surface area contributed by atoms with Crippen LogP contribution in [0.1, 0.15) is 26.7 Å². The van der Waals surface area contributed by atoms with Gasteiger partial charge in [0.2, 0.25) is 0 Å². The highest BCUT2D eigenvalue weighted by Gasteiger charge is 2.12. The van der Waals surface area contributed by atoms with Crippen molar-refractivity contribution in [1.82, 2.24) is 0 Å². The van der Waals surface area contributed by atoms with Crippen LogP contribution >= 0.6 is 11.8 Å². The van der Waals surface area contributed by atoms with E-state index in [9.17, 15) is 4.79 Å². The van der Waals surface area contributed by atoms with Gasteiger partial charge in [-0.25, -0.2) is 4.79 Å². The molecule has 2 nitrogen and oxygen atoms in total. The second-order valence-corrected chi connectivity index (χ2v) is 4.15. The van der Waals surface area contributed by atoms with Gasteiger partial charge in [0.25, 0.3) is 0 Å². The average molecular weight is 188 g/mol. The Bertz CT molecular complexity index is 166. The first-order valence-corrected chi connectivity index (χ1v) is 5.18. The molecule has 0 bridgehead atoms. The molecule has 1 unspecified atom stereocenters. The molecule has 0 saturated carbocycles. The molecule has 1 atom stereocenters. The van der Waals surface area contributed by atoms with Crippen LogP contribution in [-0.2, 0) is 4.79 Å². The second-order valence-electron chi connectivity index (χ2n) is 2.70. The van der Waals surface area contributed by atoms with Gasteiger partial charge in [0, 0.05) is 10.8 Å². The summed E-state index contributed by atoms with van der Waals surface area (Å²) in [6, 6.07) is 0. The van der Waals surface area contributed by atoms with Crippen LogP contribution in [0.5, 0.6) is 0 Å². The molecule has 0 aliphatic heterocycles. The van der Waals surface area contributed by atoms with Crippen LogP contribution in [0.15, 0.2) is 12.2 Å². The van der Waals surface area contributed by atoms with Crippen LogP contribution in [0.3, 0.4) is 0 Å². The molecule has 0 spiro atoms. The fourth-order valence-corrected chi connectivity index (χ4v) is 1.79. The van der Waals surface area contributed by atoms with Gasteiger partial charge in [-0.2, -0.15) is 11.8 Å². The largest absolute Gasteiger partial charge is 0.478 e. The molecular weight excluding hydrogens is 172 g/mol. The van der Waals surface area contributed by atoms with Crippen LogP contribution in [0.2, 0.25) is 0 Å². The molecule has 0 aromatic heterocycles. The van der Waals surface area contributed by atoms with Crippen molar-refractivity contribution in [2.75, 3.05) is 5.75 Å². The van der Waals surface area contributed by atoms with E-state index in [2.05, 4.69) is 13.5 Å². The lowest BCUT2D eigenvalue weighted by Gasteiger charge is -2.09. The predicted octanol–water partition coefficient (Wildman–Crippen LogP) is 2.55. The number of hydrogen-bond acceptors (Lipinski definition) is 2. The number of hydrogen-bond donors (Lipinski definition) is 1. The van der Waals surface area contributed by atoms with Gasteiger partial charge < -0.3 is 5.11 Å². The van der Waals surface area contributed by atoms with Crippen molar-refractivity contribution < 1.29 is 9.90 Å². The number of rotatable bonds is 6. The van der Waals surface area contributed by atoms with Crippen LogP contribution in [0.4, 0.5) is 0 Å². The van der Waals surface area contributed by atoms with Gasteiger partial charge in [0.05, 0.1) is 0 Å². The highest BCUT2D eigenvalue weighted by atomic mass is 32.2. The van der Waals surface area contributed by atoms with Gasteiger partial charge in [0.1, 0.15) is 0 Å². The van der Waals surface area contributed by atoms with Crippen LogP contribution < -0.4 is 0 Å². The molecule has 0 rings (SSSR count). The highest BCUT2D eigenvalue weighted by molar-refractivity contribution is 8.00. The fourth-order valence-electron chi connectivity index (χ4n) is 0.679. The number of thioether (sulfide) groups is 1. The van der Waals surface area contributed by atoms with Gasteiger partial charge in [0.15, 0.2) is 0 Å². The Kier molecular flexibility index (Phi) is 5.89. The van der Waals surface area contributed by atoms with Crippen LogP contribution in [0, 0.1) is 0 Å². The first-order chi connectivity index (χ1) is 5.59. The van der Waals surface area contributed by atoms with Crippen molar-refractivity contribution in [2.45, 2.75) is 31.9 Å². The maximum absolute atomic E-state index is 10.5. The lowest BCUT2D eigenvalue weighted by Crippen LogP contribution is -2.10. The molecule has 0 amide bonds. The minimum atomic E-state index is -0.883. The molecule has 0 aliphatic carbocycles. The minimum Gasteiger partial charge on any atom is -0.478 e. The summed E-state index contributed by atoms with van der Waals surface area (Å²) in [6.07, 6.45) is 2.29. The van der Waals surface area contributed by atoms with Gasteiger partial charge in [-0.3, -0.25) is 0 Å². The molecular formula is C9H16O2S. The van der Waals surface area contributed by atoms with Gasteiger partial charge in [-0.15, -0.1) is 0 Å². The van der Waals surface area contributed by atoms with E-state index in [0.717, 1.165) is 18.6 Å². The summed E-state index contributed by atoms with van der Waals surface area (Å²) in [7, 11) is 0. The quantitative estimate of drug-likeness (QED) is 0.514. The fraction of sp³-hybridized carbons (Fsp3) is 0.667. The van der Waals surface area contributed by atoms with E-state index in [1.165, 1.54) is 0 Å². The molecule has 0 radical (unpaired) electrons. The first-order valence-electron chi connectivity index (χ1n) is 4.13. The molecule has 70 valence electrons. The zero-order valence-electron chi connectivity index (χ0n) is 7.67. The Morgan fingerprint density at radius 1 is 1.67 bits per heavy atom. The van der Waals surface area contributed by atoms with Crippen molar-refractivity contribution >= 4 is 17.7 Å². The summed E-state index contributed by atoms with van der Waals surface area (Å²) < 4.78 is 0. The Labute approximate surface area is 78.0 Å². The van der Waals surface area contributed by atoms with Crippen molar-refractivity contribution in [3.05, 3.63) is 12.2 Å². The minimum absolute atomic E-state index is 0.0362. The molecule has 0 saturated heterocycles. The Morgan fingerprint density at radius 2 is 2.25 bits per heavy atom. The molecule has 0 fully saturated rings. The summed E-state index contributed by atoms with van der Waals surface area (Å²) in [4.78, 5) is 10.5. The third-order valence-corrected chi connectivity index (χ3v) is 2.94. The first kappa shape index (κ1) is 11.6. The van der Waals surface area contributed by atoms with Gasteiger partial charge in [-0.1, -0.05) is 19.9 Å². The second kappa shape index (κ2) is 6.12. The summed E-state index contributed by atoms with van der Waals surface area (Å²) in [5, 5.41) is 8.63. The Hall–Kier alpha value is -0.440. The van der Waals surface area contributed by atoms with E-state index in [1.807, 2.05) is 6.92 Å². The van der Waals surface area contributed by atoms with E-state index >= 15 is 0 Å². The maximum Gasteiger partial charge on any atom is 0.332 e. The van der Waals surface area contributed by atoms with E-state index in [0.29, 0.717) is 5.57 Å². The van der Waals surface area contributed by atoms with E-state index in [1.54, 1.807) is 11.8 Å². The predicted molar refractivity (Wildman–Crippen MR) is 53.6 cm³/mol.